The summed E-state index contributed by atoms with van der Waals surface area (Å²) in [7, 11) is 0. The van der Waals surface area contributed by atoms with Crippen molar-refractivity contribution in [1.29, 1.82) is 0 Å². The van der Waals surface area contributed by atoms with E-state index in [4.69, 9.17) is 0 Å². The molecular weight excluding hydrogens is 208 g/mol. The van der Waals surface area contributed by atoms with Gasteiger partial charge < -0.3 is 4.98 Å². The number of aryl methyl sites for hydroxylation is 1. The molecule has 1 aromatic heterocycles. The Morgan fingerprint density at radius 1 is 1.64 bits per heavy atom. The molecule has 0 aliphatic rings. The molecule has 0 aliphatic carbocycles. The number of nitrogens with one attached hydrogen (secondary N) is 1. The topological polar surface area (TPSA) is 45.8 Å². The van der Waals surface area contributed by atoms with E-state index in [2.05, 4.69) is 9.97 Å². The maximum atomic E-state index is 10.7. The zero-order valence-electron chi connectivity index (χ0n) is 6.33. The van der Waals surface area contributed by atoms with Crippen LogP contribution in [0.4, 0.5) is 0 Å². The summed E-state index contributed by atoms with van der Waals surface area (Å²) in [6.45, 7) is 2.05. The van der Waals surface area contributed by atoms with Crippen LogP contribution in [-0.4, -0.2) is 9.97 Å². The minimum absolute atomic E-state index is 0. The Morgan fingerprint density at radius 2 is 2.36 bits per heavy atom. The molecule has 1 rings (SSSR count). The molecular formula is C7H11BrN2O. The fraction of sp³-hybridized carbons (Fsp3) is 0.429. The van der Waals surface area contributed by atoms with E-state index in [1.165, 1.54) is 12.3 Å². The van der Waals surface area contributed by atoms with Gasteiger partial charge in [0.2, 0.25) is 0 Å². The minimum atomic E-state index is -0.0709. The van der Waals surface area contributed by atoms with Crippen LogP contribution in [0.1, 0.15) is 19.2 Å². The van der Waals surface area contributed by atoms with Crippen LogP contribution in [0.5, 0.6) is 0 Å². The number of rotatable bonds is 2. The first-order valence-electron chi connectivity index (χ1n) is 3.37. The lowest BCUT2D eigenvalue weighted by Crippen LogP contribution is -2.08. The van der Waals surface area contributed by atoms with Gasteiger partial charge in [-0.25, -0.2) is 4.98 Å². The van der Waals surface area contributed by atoms with Crippen molar-refractivity contribution in [3.63, 3.8) is 0 Å². The first kappa shape index (κ1) is 10.4. The number of H-pyrrole nitrogens is 1. The van der Waals surface area contributed by atoms with Crippen LogP contribution in [0.25, 0.3) is 0 Å². The number of aromatic nitrogens is 2. The first-order valence-corrected chi connectivity index (χ1v) is 3.37. The summed E-state index contributed by atoms with van der Waals surface area (Å²) in [5.41, 5.74) is -0.0709. The van der Waals surface area contributed by atoms with Gasteiger partial charge in [-0.05, 0) is 6.42 Å². The molecule has 0 bridgehead atoms. The van der Waals surface area contributed by atoms with Gasteiger partial charge >= 0.3 is 0 Å². The second kappa shape index (κ2) is 5.07. The molecule has 0 amide bonds. The smallest absolute Gasteiger partial charge is 0.250 e. The van der Waals surface area contributed by atoms with E-state index in [1.54, 1.807) is 0 Å². The van der Waals surface area contributed by atoms with Crippen molar-refractivity contribution in [1.82, 2.24) is 9.97 Å². The molecule has 0 aromatic carbocycles. The van der Waals surface area contributed by atoms with Crippen molar-refractivity contribution in [2.75, 3.05) is 0 Å². The molecule has 1 aromatic rings. The summed E-state index contributed by atoms with van der Waals surface area (Å²) < 4.78 is 0. The molecule has 0 atom stereocenters. The molecule has 1 heterocycles. The molecule has 11 heavy (non-hydrogen) atoms. The lowest BCUT2D eigenvalue weighted by atomic mass is 10.3. The Morgan fingerprint density at radius 3 is 2.91 bits per heavy atom. The average Bonchev–Trinajstić information content (AvgIpc) is 1.88. The third-order valence-corrected chi connectivity index (χ3v) is 1.21. The van der Waals surface area contributed by atoms with Crippen LogP contribution in [0.3, 0.4) is 0 Å². The fourth-order valence-corrected chi connectivity index (χ4v) is 0.775. The Balaban J connectivity index is 0.000001000. The predicted octanol–water partition coefficient (Wildman–Crippen LogP) is 1.30. The molecule has 0 radical (unpaired) electrons. The average molecular weight is 219 g/mol. The molecule has 0 saturated carbocycles. The summed E-state index contributed by atoms with van der Waals surface area (Å²) in [4.78, 5) is 17.3. The van der Waals surface area contributed by atoms with Gasteiger partial charge in [0.1, 0.15) is 5.82 Å². The fourth-order valence-electron chi connectivity index (χ4n) is 0.775. The molecule has 1 N–H and O–H groups in total. The van der Waals surface area contributed by atoms with Crippen LogP contribution < -0.4 is 5.56 Å². The lowest BCUT2D eigenvalue weighted by Gasteiger charge is -1.93. The van der Waals surface area contributed by atoms with E-state index in [9.17, 15) is 4.79 Å². The van der Waals surface area contributed by atoms with E-state index in [1.807, 2.05) is 6.92 Å². The van der Waals surface area contributed by atoms with Gasteiger partial charge in [0.05, 0.1) is 0 Å². The Hall–Kier alpha value is -0.640. The van der Waals surface area contributed by atoms with Gasteiger partial charge in [0.25, 0.3) is 5.56 Å². The Kier molecular flexibility index (Phi) is 4.77. The van der Waals surface area contributed by atoms with Gasteiger partial charge in [-0.3, -0.25) is 4.79 Å². The van der Waals surface area contributed by atoms with Crippen LogP contribution in [-0.2, 0) is 6.42 Å². The molecule has 0 fully saturated rings. The van der Waals surface area contributed by atoms with Crippen LogP contribution in [0, 0.1) is 0 Å². The van der Waals surface area contributed by atoms with Crippen molar-refractivity contribution >= 4 is 17.0 Å². The van der Waals surface area contributed by atoms with Gasteiger partial charge in [0.15, 0.2) is 0 Å². The highest BCUT2D eigenvalue weighted by Gasteiger charge is 1.90. The SMILES string of the molecule is Br.CCCc1nccc(=O)[nH]1. The number of hydrogen-bond donors (Lipinski definition) is 1. The largest absolute Gasteiger partial charge is 0.311 e. The molecule has 3 nitrogen and oxygen atoms in total. The van der Waals surface area contributed by atoms with Gasteiger partial charge in [-0.2, -0.15) is 0 Å². The summed E-state index contributed by atoms with van der Waals surface area (Å²) in [6, 6.07) is 1.42. The normalized spacial score (nSPS) is 8.82. The molecule has 4 heteroatoms. The van der Waals surface area contributed by atoms with Crippen molar-refractivity contribution < 1.29 is 0 Å². The second-order valence-electron chi connectivity index (χ2n) is 2.13. The Bertz CT molecular complexity index is 259. The maximum Gasteiger partial charge on any atom is 0.250 e. The van der Waals surface area contributed by atoms with E-state index in [-0.39, 0.29) is 22.5 Å². The van der Waals surface area contributed by atoms with Gasteiger partial charge in [0, 0.05) is 18.7 Å². The van der Waals surface area contributed by atoms with E-state index >= 15 is 0 Å². The predicted molar refractivity (Wildman–Crippen MR) is 49.2 cm³/mol. The number of nitrogens with zero attached hydrogens (tertiary/aromatic N) is 1. The maximum absolute atomic E-state index is 10.7. The number of hydrogen-bond acceptors (Lipinski definition) is 2. The second-order valence-corrected chi connectivity index (χ2v) is 2.13. The van der Waals surface area contributed by atoms with Gasteiger partial charge in [-0.15, -0.1) is 17.0 Å². The van der Waals surface area contributed by atoms with Crippen LogP contribution in [0.2, 0.25) is 0 Å². The highest BCUT2D eigenvalue weighted by molar-refractivity contribution is 8.93. The third-order valence-electron chi connectivity index (χ3n) is 1.21. The van der Waals surface area contributed by atoms with Crippen LogP contribution >= 0.6 is 17.0 Å². The van der Waals surface area contributed by atoms with Crippen molar-refractivity contribution in [2.24, 2.45) is 0 Å². The van der Waals surface area contributed by atoms with Crippen molar-refractivity contribution in [2.45, 2.75) is 19.8 Å². The summed E-state index contributed by atoms with van der Waals surface area (Å²) in [5, 5.41) is 0. The summed E-state index contributed by atoms with van der Waals surface area (Å²) >= 11 is 0. The van der Waals surface area contributed by atoms with Crippen molar-refractivity contribution in [3.8, 4) is 0 Å². The van der Waals surface area contributed by atoms with Crippen molar-refractivity contribution in [3.05, 3.63) is 28.4 Å². The van der Waals surface area contributed by atoms with E-state index < -0.39 is 0 Å². The molecule has 62 valence electrons. The Labute approximate surface area is 75.6 Å². The molecule has 0 unspecified atom stereocenters. The summed E-state index contributed by atoms with van der Waals surface area (Å²) in [5.74, 6) is 0.773. The first-order chi connectivity index (χ1) is 4.83. The molecule has 0 saturated heterocycles. The lowest BCUT2D eigenvalue weighted by molar-refractivity contribution is 0.825. The zero-order chi connectivity index (χ0) is 7.40. The highest BCUT2D eigenvalue weighted by atomic mass is 79.9. The van der Waals surface area contributed by atoms with Gasteiger partial charge in [-0.1, -0.05) is 6.92 Å². The quantitative estimate of drug-likeness (QED) is 0.814. The van der Waals surface area contributed by atoms with E-state index in [0.29, 0.717) is 0 Å². The highest BCUT2D eigenvalue weighted by Crippen LogP contribution is 1.88. The van der Waals surface area contributed by atoms with E-state index in [0.717, 1.165) is 18.7 Å². The standard InChI is InChI=1S/C7H10N2O.BrH/c1-2-3-6-8-5-4-7(10)9-6;/h4-5H,2-3H2,1H3,(H,8,9,10);1H. The monoisotopic (exact) mass is 218 g/mol. The molecule has 0 aliphatic heterocycles. The third kappa shape index (κ3) is 3.32. The minimum Gasteiger partial charge on any atom is -0.311 e. The zero-order valence-corrected chi connectivity index (χ0v) is 8.05. The number of aromatic amines is 1. The van der Waals surface area contributed by atoms with Crippen LogP contribution in [0.15, 0.2) is 17.1 Å². The number of halogens is 1. The summed E-state index contributed by atoms with van der Waals surface area (Å²) in [6.07, 6.45) is 3.38. The molecule has 0 spiro atoms.